The lowest BCUT2D eigenvalue weighted by Gasteiger charge is -2.34. The van der Waals surface area contributed by atoms with Gasteiger partial charge in [0.25, 0.3) is 0 Å². The van der Waals surface area contributed by atoms with Gasteiger partial charge in [-0.2, -0.15) is 9.97 Å². The van der Waals surface area contributed by atoms with Crippen LogP contribution < -0.4 is 25.0 Å². The van der Waals surface area contributed by atoms with Crippen LogP contribution in [0.15, 0.2) is 60.7 Å². The molecule has 1 aliphatic heterocycles. The van der Waals surface area contributed by atoms with E-state index >= 15 is 0 Å². The Kier molecular flexibility index (Phi) is 7.57. The van der Waals surface area contributed by atoms with Crippen LogP contribution in [0, 0.1) is 0 Å². The van der Waals surface area contributed by atoms with E-state index in [0.29, 0.717) is 29.5 Å². The van der Waals surface area contributed by atoms with E-state index in [0.717, 1.165) is 42.3 Å². The van der Waals surface area contributed by atoms with Crippen LogP contribution in [0.4, 0.5) is 11.8 Å². The van der Waals surface area contributed by atoms with E-state index < -0.39 is 0 Å². The second kappa shape index (κ2) is 11.0. The molecule has 0 bridgehead atoms. The highest BCUT2D eigenvalue weighted by molar-refractivity contribution is 7.80. The minimum Gasteiger partial charge on any atom is -0.497 e. The summed E-state index contributed by atoms with van der Waals surface area (Å²) in [5, 5.41) is 6.77. The molecule has 2 N–H and O–H groups in total. The SMILES string of the molecule is COc1ccc(CNC(=S)Nc2nc(Oc3ccccc3)cc(N3CCCCC3C)n2)cc1. The van der Waals surface area contributed by atoms with Crippen molar-refractivity contribution in [2.45, 2.75) is 38.8 Å². The zero-order valence-electron chi connectivity index (χ0n) is 19.0. The summed E-state index contributed by atoms with van der Waals surface area (Å²) in [6, 6.07) is 19.8. The molecule has 0 saturated carbocycles. The number of rotatable bonds is 7. The Morgan fingerprint density at radius 1 is 1.06 bits per heavy atom. The zero-order chi connectivity index (χ0) is 23.0. The van der Waals surface area contributed by atoms with Crippen molar-refractivity contribution < 1.29 is 9.47 Å². The number of anilines is 2. The second-order valence-electron chi connectivity index (χ2n) is 8.00. The van der Waals surface area contributed by atoms with Gasteiger partial charge in [0, 0.05) is 25.2 Å². The Bertz CT molecular complexity index is 1060. The lowest BCUT2D eigenvalue weighted by Crippen LogP contribution is -2.38. The summed E-state index contributed by atoms with van der Waals surface area (Å²) in [6.45, 7) is 3.77. The first-order valence-corrected chi connectivity index (χ1v) is 11.6. The summed E-state index contributed by atoms with van der Waals surface area (Å²) in [5.74, 6) is 3.26. The molecule has 1 saturated heterocycles. The summed E-state index contributed by atoms with van der Waals surface area (Å²) in [7, 11) is 1.65. The highest BCUT2D eigenvalue weighted by Gasteiger charge is 2.21. The fourth-order valence-corrected chi connectivity index (χ4v) is 3.95. The van der Waals surface area contributed by atoms with Gasteiger partial charge in [0.05, 0.1) is 7.11 Å². The number of piperidine rings is 1. The second-order valence-corrected chi connectivity index (χ2v) is 8.41. The standard InChI is InChI=1S/C25H29N5O2S/c1-18-8-6-7-15-30(18)22-16-23(32-21-9-4-3-5-10-21)28-24(27-22)29-25(33)26-17-19-11-13-20(31-2)14-12-19/h3-5,9-14,16,18H,6-8,15,17H2,1-2H3,(H2,26,27,28,29,33). The van der Waals surface area contributed by atoms with E-state index in [4.69, 9.17) is 26.7 Å². The fourth-order valence-electron chi connectivity index (χ4n) is 3.79. The number of benzene rings is 2. The third-order valence-corrected chi connectivity index (χ3v) is 5.84. The Labute approximate surface area is 200 Å². The first kappa shape index (κ1) is 22.8. The van der Waals surface area contributed by atoms with Crippen LogP contribution >= 0.6 is 12.2 Å². The predicted octanol–water partition coefficient (Wildman–Crippen LogP) is 5.14. The molecule has 3 aromatic rings. The molecule has 8 heteroatoms. The number of ether oxygens (including phenoxy) is 2. The summed E-state index contributed by atoms with van der Waals surface area (Å²) in [4.78, 5) is 11.6. The third-order valence-electron chi connectivity index (χ3n) is 5.59. The van der Waals surface area contributed by atoms with E-state index in [9.17, 15) is 0 Å². The molecule has 0 aliphatic carbocycles. The molecular formula is C25H29N5O2S. The van der Waals surface area contributed by atoms with Crippen LogP contribution in [0.1, 0.15) is 31.7 Å². The van der Waals surface area contributed by atoms with Crippen LogP contribution in [0.25, 0.3) is 0 Å². The summed E-state index contributed by atoms with van der Waals surface area (Å²) < 4.78 is 11.2. The maximum Gasteiger partial charge on any atom is 0.234 e. The fraction of sp³-hybridized carbons (Fsp3) is 0.320. The maximum absolute atomic E-state index is 6.03. The monoisotopic (exact) mass is 463 g/mol. The molecule has 1 fully saturated rings. The van der Waals surface area contributed by atoms with Crippen molar-refractivity contribution in [3.05, 3.63) is 66.2 Å². The number of hydrogen-bond acceptors (Lipinski definition) is 6. The maximum atomic E-state index is 6.03. The van der Waals surface area contributed by atoms with E-state index in [1.165, 1.54) is 6.42 Å². The Hall–Kier alpha value is -3.39. The number of thiocarbonyl (C=S) groups is 1. The highest BCUT2D eigenvalue weighted by Crippen LogP contribution is 2.28. The van der Waals surface area contributed by atoms with Gasteiger partial charge in [0.1, 0.15) is 17.3 Å². The van der Waals surface area contributed by atoms with Gasteiger partial charge in [0.15, 0.2) is 5.11 Å². The molecule has 1 atom stereocenters. The normalized spacial score (nSPS) is 15.6. The lowest BCUT2D eigenvalue weighted by atomic mass is 10.0. The number of hydrogen-bond donors (Lipinski definition) is 2. The smallest absolute Gasteiger partial charge is 0.234 e. The number of para-hydroxylation sites is 1. The van der Waals surface area contributed by atoms with Crippen molar-refractivity contribution in [2.24, 2.45) is 0 Å². The van der Waals surface area contributed by atoms with E-state index in [2.05, 4.69) is 27.4 Å². The largest absolute Gasteiger partial charge is 0.497 e. The van der Waals surface area contributed by atoms with Crippen LogP contribution in [0.3, 0.4) is 0 Å². The molecule has 0 amide bonds. The van der Waals surface area contributed by atoms with Gasteiger partial charge in [-0.15, -0.1) is 0 Å². The third kappa shape index (κ3) is 6.32. The van der Waals surface area contributed by atoms with Gasteiger partial charge in [-0.25, -0.2) is 0 Å². The number of methoxy groups -OCH3 is 1. The van der Waals surface area contributed by atoms with Crippen LogP contribution in [0.5, 0.6) is 17.4 Å². The molecule has 4 rings (SSSR count). The highest BCUT2D eigenvalue weighted by atomic mass is 32.1. The van der Waals surface area contributed by atoms with E-state index in [1.807, 2.05) is 60.7 Å². The van der Waals surface area contributed by atoms with Gasteiger partial charge in [-0.05, 0) is 68.2 Å². The van der Waals surface area contributed by atoms with Crippen molar-refractivity contribution >= 4 is 29.1 Å². The predicted molar refractivity (Wildman–Crippen MR) is 135 cm³/mol. The van der Waals surface area contributed by atoms with Crippen LogP contribution in [0.2, 0.25) is 0 Å². The molecule has 2 heterocycles. The summed E-state index contributed by atoms with van der Waals surface area (Å²) in [6.07, 6.45) is 3.53. The zero-order valence-corrected chi connectivity index (χ0v) is 19.8. The van der Waals surface area contributed by atoms with Gasteiger partial charge < -0.3 is 25.0 Å². The average molecular weight is 464 g/mol. The van der Waals surface area contributed by atoms with Crippen LogP contribution in [-0.4, -0.2) is 34.8 Å². The van der Waals surface area contributed by atoms with Crippen LogP contribution in [-0.2, 0) is 6.54 Å². The molecule has 0 radical (unpaired) electrons. The van der Waals surface area contributed by atoms with Crippen molar-refractivity contribution in [3.8, 4) is 17.4 Å². The minimum atomic E-state index is 0.406. The number of nitrogens with zero attached hydrogens (tertiary/aromatic N) is 3. The van der Waals surface area contributed by atoms with Crippen molar-refractivity contribution in [2.75, 3.05) is 23.9 Å². The van der Waals surface area contributed by atoms with Crippen molar-refractivity contribution in [3.63, 3.8) is 0 Å². The molecule has 7 nitrogen and oxygen atoms in total. The quantitative estimate of drug-likeness (QED) is 0.467. The first-order valence-electron chi connectivity index (χ1n) is 11.2. The number of aromatic nitrogens is 2. The van der Waals surface area contributed by atoms with Gasteiger partial charge in [-0.1, -0.05) is 30.3 Å². The summed E-state index contributed by atoms with van der Waals surface area (Å²) in [5.41, 5.74) is 1.09. The molecule has 0 spiro atoms. The Morgan fingerprint density at radius 2 is 1.85 bits per heavy atom. The first-order chi connectivity index (χ1) is 16.1. The molecule has 172 valence electrons. The van der Waals surface area contributed by atoms with E-state index in [1.54, 1.807) is 7.11 Å². The van der Waals surface area contributed by atoms with Crippen molar-refractivity contribution in [1.29, 1.82) is 0 Å². The van der Waals surface area contributed by atoms with Gasteiger partial charge >= 0.3 is 0 Å². The molecular weight excluding hydrogens is 434 g/mol. The topological polar surface area (TPSA) is 71.5 Å². The van der Waals surface area contributed by atoms with Gasteiger partial charge in [-0.3, -0.25) is 0 Å². The Morgan fingerprint density at radius 3 is 2.58 bits per heavy atom. The number of nitrogens with one attached hydrogen (secondary N) is 2. The minimum absolute atomic E-state index is 0.406. The Balaban J connectivity index is 1.49. The summed E-state index contributed by atoms with van der Waals surface area (Å²) >= 11 is 5.50. The van der Waals surface area contributed by atoms with Gasteiger partial charge in [0.2, 0.25) is 11.8 Å². The average Bonchev–Trinajstić information content (AvgIpc) is 2.84. The van der Waals surface area contributed by atoms with E-state index in [-0.39, 0.29) is 0 Å². The van der Waals surface area contributed by atoms with Crippen molar-refractivity contribution in [1.82, 2.24) is 15.3 Å². The molecule has 33 heavy (non-hydrogen) atoms. The lowest BCUT2D eigenvalue weighted by molar-refractivity contribution is 0.414. The molecule has 1 unspecified atom stereocenters. The molecule has 2 aromatic carbocycles. The molecule has 1 aromatic heterocycles. The molecule has 1 aliphatic rings.